The second kappa shape index (κ2) is 13.6. The van der Waals surface area contributed by atoms with E-state index in [1.54, 1.807) is 0 Å². The van der Waals surface area contributed by atoms with Crippen molar-refractivity contribution < 1.29 is 0 Å². The molecule has 3 rings (SSSR count). The Morgan fingerprint density at radius 2 is 1.37 bits per heavy atom. The van der Waals surface area contributed by atoms with Crippen LogP contribution in [0.5, 0.6) is 0 Å². The first-order valence-electron chi connectivity index (χ1n) is 14.8. The van der Waals surface area contributed by atoms with Crippen LogP contribution in [0.4, 0.5) is 0 Å². The number of hydrogen-bond acceptors (Lipinski definition) is 0. The van der Waals surface area contributed by atoms with Gasteiger partial charge in [0.25, 0.3) is 0 Å². The van der Waals surface area contributed by atoms with Gasteiger partial charge in [-0.2, -0.15) is 0 Å². The summed E-state index contributed by atoms with van der Waals surface area (Å²) in [5, 5.41) is 0. The third-order valence-corrected chi connectivity index (χ3v) is 10.4. The molecule has 0 fully saturated rings. The van der Waals surface area contributed by atoms with Gasteiger partial charge in [0.15, 0.2) is 0 Å². The Kier molecular flexibility index (Phi) is 11.1. The van der Waals surface area contributed by atoms with E-state index in [2.05, 4.69) is 151 Å². The lowest BCUT2D eigenvalue weighted by molar-refractivity contribution is 0.338. The summed E-state index contributed by atoms with van der Waals surface area (Å²) in [4.78, 5) is 0. The van der Waals surface area contributed by atoms with Crippen molar-refractivity contribution in [3.63, 3.8) is 0 Å². The van der Waals surface area contributed by atoms with Gasteiger partial charge in [-0.15, -0.1) is 0 Å². The second-order valence-electron chi connectivity index (χ2n) is 13.2. The average molecular weight is 623 g/mol. The molecule has 0 aliphatic carbocycles. The first-order chi connectivity index (χ1) is 17.9. The Hall–Kier alpha value is -1.61. The van der Waals surface area contributed by atoms with Crippen LogP contribution in [0.3, 0.4) is 0 Å². The third-order valence-electron chi connectivity index (χ3n) is 8.71. The maximum absolute atomic E-state index is 2.60. The molecule has 0 saturated heterocycles. The first-order valence-corrected chi connectivity index (χ1v) is 16.0. The van der Waals surface area contributed by atoms with Crippen molar-refractivity contribution in [1.82, 2.24) is 0 Å². The summed E-state index contributed by atoms with van der Waals surface area (Å²) in [6.07, 6.45) is 7.10. The highest BCUT2D eigenvalue weighted by Crippen LogP contribution is 2.43. The summed E-state index contributed by atoms with van der Waals surface area (Å²) in [6.45, 7) is 18.9. The summed E-state index contributed by atoms with van der Waals surface area (Å²) in [7, 11) is 0. The number of alkyl halides is 1. The van der Waals surface area contributed by atoms with Crippen LogP contribution >= 0.6 is 22.6 Å². The number of aryl methyl sites for hydroxylation is 3. The molecule has 0 spiro atoms. The molecule has 0 bridgehead atoms. The largest absolute Gasteiger partial charge is 0.0823 e. The lowest BCUT2D eigenvalue weighted by atomic mass is 9.64. The van der Waals surface area contributed by atoms with Gasteiger partial charge in [-0.1, -0.05) is 161 Å². The van der Waals surface area contributed by atoms with E-state index in [4.69, 9.17) is 0 Å². The molecule has 0 radical (unpaired) electrons. The summed E-state index contributed by atoms with van der Waals surface area (Å²) in [5.74, 6) is 1.39. The number of rotatable bonds is 13. The molecule has 0 N–H and O–H groups in total. The lowest BCUT2D eigenvalue weighted by Crippen LogP contribution is -2.33. The van der Waals surface area contributed by atoms with Crippen molar-refractivity contribution in [2.45, 2.75) is 103 Å². The first kappa shape index (κ1) is 30.9. The molecule has 1 heteroatoms. The van der Waals surface area contributed by atoms with Gasteiger partial charge in [-0.25, -0.2) is 0 Å². The van der Waals surface area contributed by atoms with Gasteiger partial charge in [0.05, 0.1) is 0 Å². The summed E-state index contributed by atoms with van der Waals surface area (Å²) >= 11 is 2.60. The van der Waals surface area contributed by atoms with Gasteiger partial charge >= 0.3 is 0 Å². The molecule has 206 valence electrons. The normalized spacial score (nSPS) is 15.3. The predicted molar refractivity (Wildman–Crippen MR) is 177 cm³/mol. The molecule has 0 aliphatic heterocycles. The Balaban J connectivity index is 2.15. The van der Waals surface area contributed by atoms with E-state index in [-0.39, 0.29) is 5.41 Å². The van der Waals surface area contributed by atoms with Crippen LogP contribution in [0.15, 0.2) is 72.8 Å². The fourth-order valence-corrected chi connectivity index (χ4v) is 6.07. The topological polar surface area (TPSA) is 0 Å². The van der Waals surface area contributed by atoms with E-state index >= 15 is 0 Å². The van der Waals surface area contributed by atoms with Gasteiger partial charge in [0.1, 0.15) is 0 Å². The highest BCUT2D eigenvalue weighted by molar-refractivity contribution is 14.1. The zero-order valence-electron chi connectivity index (χ0n) is 25.3. The predicted octanol–water partition coefficient (Wildman–Crippen LogP) is 11.1. The van der Waals surface area contributed by atoms with Gasteiger partial charge in [0.2, 0.25) is 0 Å². The summed E-state index contributed by atoms with van der Waals surface area (Å²) in [5.41, 5.74) is 8.86. The Morgan fingerprint density at radius 1 is 0.711 bits per heavy atom. The Morgan fingerprint density at radius 3 is 1.97 bits per heavy atom. The Bertz CT molecular complexity index is 1120. The third kappa shape index (κ3) is 8.44. The zero-order valence-corrected chi connectivity index (χ0v) is 27.4. The fraction of sp³-hybridized carbons (Fsp3) is 0.514. The number of benzene rings is 3. The van der Waals surface area contributed by atoms with Crippen LogP contribution in [0.25, 0.3) is 0 Å². The maximum Gasteiger partial charge on any atom is 0.0245 e. The highest BCUT2D eigenvalue weighted by Gasteiger charge is 2.36. The van der Waals surface area contributed by atoms with Crippen molar-refractivity contribution in [3.8, 4) is 0 Å². The summed E-state index contributed by atoms with van der Waals surface area (Å²) in [6, 6.07) is 28.1. The standard InChI is InChI=1S/C37H51I/c1-27(2)14-15-29(4)25-37(26-32-12-10-9-11-13-32,34-18-16-28(3)17-19-34)35-23-30(5)22-33(24-35)20-21-36(7,8)31(6)38/h9-13,16-19,22-24,27,29,31H,14-15,20-21,25-26H2,1-8H3. The molecule has 3 atom stereocenters. The molecule has 3 unspecified atom stereocenters. The SMILES string of the molecule is Cc1ccc(C(Cc2ccccc2)(CC(C)CCC(C)C)c2cc(C)cc(CCC(C)(C)C(C)I)c2)cc1. The van der Waals surface area contributed by atoms with E-state index in [1.807, 2.05) is 0 Å². The van der Waals surface area contributed by atoms with E-state index < -0.39 is 0 Å². The van der Waals surface area contributed by atoms with Crippen LogP contribution in [-0.2, 0) is 18.3 Å². The minimum Gasteiger partial charge on any atom is -0.0823 e. The lowest BCUT2D eigenvalue weighted by Gasteiger charge is -2.39. The number of hydrogen-bond donors (Lipinski definition) is 0. The molecule has 0 aliphatic rings. The monoisotopic (exact) mass is 622 g/mol. The smallest absolute Gasteiger partial charge is 0.0245 e. The van der Waals surface area contributed by atoms with Crippen molar-refractivity contribution in [2.24, 2.45) is 17.3 Å². The van der Waals surface area contributed by atoms with Crippen LogP contribution in [0, 0.1) is 31.1 Å². The van der Waals surface area contributed by atoms with Crippen molar-refractivity contribution in [1.29, 1.82) is 0 Å². The maximum atomic E-state index is 2.60. The molecule has 3 aromatic rings. The Labute approximate surface area is 248 Å². The van der Waals surface area contributed by atoms with E-state index in [1.165, 1.54) is 52.6 Å². The van der Waals surface area contributed by atoms with E-state index in [0.29, 0.717) is 15.3 Å². The van der Waals surface area contributed by atoms with Gasteiger partial charge in [-0.3, -0.25) is 0 Å². The minimum absolute atomic E-state index is 0.0572. The zero-order chi connectivity index (χ0) is 27.9. The highest BCUT2D eigenvalue weighted by atomic mass is 127. The molecular weight excluding hydrogens is 571 g/mol. The van der Waals surface area contributed by atoms with Gasteiger partial charge < -0.3 is 0 Å². The molecule has 0 nitrogen and oxygen atoms in total. The van der Waals surface area contributed by atoms with Crippen LogP contribution in [0.2, 0.25) is 0 Å². The molecule has 0 saturated carbocycles. The summed E-state index contributed by atoms with van der Waals surface area (Å²) < 4.78 is 0.649. The second-order valence-corrected chi connectivity index (χ2v) is 15.1. The average Bonchev–Trinajstić information content (AvgIpc) is 2.86. The van der Waals surface area contributed by atoms with Crippen LogP contribution in [0.1, 0.15) is 101 Å². The molecule has 38 heavy (non-hydrogen) atoms. The minimum atomic E-state index is -0.0572. The molecule has 0 heterocycles. The van der Waals surface area contributed by atoms with Crippen molar-refractivity contribution in [3.05, 3.63) is 106 Å². The molecule has 0 amide bonds. The van der Waals surface area contributed by atoms with Crippen LogP contribution in [-0.4, -0.2) is 3.92 Å². The van der Waals surface area contributed by atoms with E-state index in [0.717, 1.165) is 25.2 Å². The quantitative estimate of drug-likeness (QED) is 0.131. The fourth-order valence-electron chi connectivity index (χ4n) is 5.76. The number of halogens is 1. The van der Waals surface area contributed by atoms with Crippen LogP contribution < -0.4 is 0 Å². The van der Waals surface area contributed by atoms with Gasteiger partial charge in [0, 0.05) is 9.34 Å². The van der Waals surface area contributed by atoms with Crippen molar-refractivity contribution in [2.75, 3.05) is 0 Å². The molecular formula is C37H51I. The van der Waals surface area contributed by atoms with Crippen molar-refractivity contribution >= 4 is 22.6 Å². The molecule has 3 aromatic carbocycles. The van der Waals surface area contributed by atoms with Gasteiger partial charge in [-0.05, 0) is 79.0 Å². The molecule has 0 aromatic heterocycles. The van der Waals surface area contributed by atoms with E-state index in [9.17, 15) is 0 Å².